The average molecular weight is 283 g/mol. The van der Waals surface area contributed by atoms with E-state index in [1.54, 1.807) is 12.1 Å². The lowest BCUT2D eigenvalue weighted by molar-refractivity contribution is 0.597. The van der Waals surface area contributed by atoms with E-state index in [4.69, 9.17) is 5.73 Å². The highest BCUT2D eigenvalue weighted by molar-refractivity contribution is 5.76. The number of aromatic nitrogens is 2. The van der Waals surface area contributed by atoms with Crippen molar-refractivity contribution in [2.45, 2.75) is 26.3 Å². The fourth-order valence-electron chi connectivity index (χ4n) is 2.62. The second kappa shape index (κ2) is 5.56. The number of halogens is 1. The average Bonchev–Trinajstić information content (AvgIpc) is 2.81. The van der Waals surface area contributed by atoms with E-state index in [2.05, 4.69) is 16.5 Å². The molecule has 108 valence electrons. The van der Waals surface area contributed by atoms with Crippen LogP contribution in [0.4, 0.5) is 10.1 Å². The summed E-state index contributed by atoms with van der Waals surface area (Å²) in [4.78, 5) is 4.66. The topological polar surface area (TPSA) is 43.8 Å². The van der Waals surface area contributed by atoms with Crippen LogP contribution >= 0.6 is 0 Å². The molecule has 0 atom stereocenters. The Bertz CT molecular complexity index is 757. The van der Waals surface area contributed by atoms with Crippen molar-refractivity contribution < 1.29 is 4.39 Å². The molecular weight excluding hydrogens is 265 g/mol. The van der Waals surface area contributed by atoms with Gasteiger partial charge in [-0.3, -0.25) is 0 Å². The van der Waals surface area contributed by atoms with E-state index in [-0.39, 0.29) is 5.82 Å². The van der Waals surface area contributed by atoms with Gasteiger partial charge in [0.25, 0.3) is 0 Å². The van der Waals surface area contributed by atoms with E-state index < -0.39 is 0 Å². The largest absolute Gasteiger partial charge is 0.398 e. The molecule has 0 aliphatic carbocycles. The highest BCUT2D eigenvalue weighted by Crippen LogP contribution is 2.22. The van der Waals surface area contributed by atoms with Crippen molar-refractivity contribution in [1.82, 2.24) is 9.55 Å². The molecule has 0 saturated carbocycles. The molecule has 0 fully saturated rings. The van der Waals surface area contributed by atoms with Gasteiger partial charge in [-0.05, 0) is 30.7 Å². The standard InChI is InChI=1S/C17H18FN3/c1-2-6-17-20-15-9-3-4-10-16(15)21(17)11-12-13(18)7-5-8-14(12)19/h3-5,7-10H,2,6,11,19H2,1H3. The van der Waals surface area contributed by atoms with Gasteiger partial charge in [0, 0.05) is 17.7 Å². The summed E-state index contributed by atoms with van der Waals surface area (Å²) in [6.45, 7) is 2.52. The molecule has 2 N–H and O–H groups in total. The van der Waals surface area contributed by atoms with Crippen molar-refractivity contribution in [3.8, 4) is 0 Å². The number of aryl methyl sites for hydroxylation is 1. The zero-order valence-electron chi connectivity index (χ0n) is 12.0. The van der Waals surface area contributed by atoms with Crippen molar-refractivity contribution in [3.05, 3.63) is 59.7 Å². The maximum Gasteiger partial charge on any atom is 0.130 e. The molecule has 2 aromatic carbocycles. The first-order valence-corrected chi connectivity index (χ1v) is 7.17. The molecular formula is C17H18FN3. The zero-order valence-corrected chi connectivity index (χ0v) is 12.0. The van der Waals surface area contributed by atoms with E-state index >= 15 is 0 Å². The van der Waals surface area contributed by atoms with Crippen LogP contribution in [-0.2, 0) is 13.0 Å². The monoisotopic (exact) mass is 283 g/mol. The van der Waals surface area contributed by atoms with Gasteiger partial charge < -0.3 is 10.3 Å². The van der Waals surface area contributed by atoms with E-state index in [0.717, 1.165) is 29.7 Å². The number of benzene rings is 2. The van der Waals surface area contributed by atoms with Crippen LogP contribution in [0.3, 0.4) is 0 Å². The summed E-state index contributed by atoms with van der Waals surface area (Å²) >= 11 is 0. The van der Waals surface area contributed by atoms with Crippen molar-refractivity contribution in [1.29, 1.82) is 0 Å². The third-order valence-corrected chi connectivity index (χ3v) is 3.68. The van der Waals surface area contributed by atoms with Crippen molar-refractivity contribution in [3.63, 3.8) is 0 Å². The lowest BCUT2D eigenvalue weighted by Crippen LogP contribution is -2.09. The van der Waals surface area contributed by atoms with Gasteiger partial charge >= 0.3 is 0 Å². The number of nitrogens with zero attached hydrogens (tertiary/aromatic N) is 2. The van der Waals surface area contributed by atoms with Crippen LogP contribution in [0.15, 0.2) is 42.5 Å². The van der Waals surface area contributed by atoms with E-state index in [0.29, 0.717) is 17.8 Å². The van der Waals surface area contributed by atoms with E-state index in [9.17, 15) is 4.39 Å². The first kappa shape index (κ1) is 13.6. The van der Waals surface area contributed by atoms with Gasteiger partial charge in [-0.15, -0.1) is 0 Å². The van der Waals surface area contributed by atoms with Crippen molar-refractivity contribution >= 4 is 16.7 Å². The number of nitrogens with two attached hydrogens (primary N) is 1. The Morgan fingerprint density at radius 3 is 2.71 bits per heavy atom. The number of imidazole rings is 1. The highest BCUT2D eigenvalue weighted by atomic mass is 19.1. The number of para-hydroxylation sites is 2. The second-order valence-corrected chi connectivity index (χ2v) is 5.16. The summed E-state index contributed by atoms with van der Waals surface area (Å²) in [7, 11) is 0. The van der Waals surface area contributed by atoms with Gasteiger partial charge in [-0.1, -0.05) is 25.1 Å². The molecule has 21 heavy (non-hydrogen) atoms. The van der Waals surface area contributed by atoms with Crippen LogP contribution in [0.25, 0.3) is 11.0 Å². The Morgan fingerprint density at radius 2 is 1.95 bits per heavy atom. The Kier molecular flexibility index (Phi) is 3.60. The summed E-state index contributed by atoms with van der Waals surface area (Å²) in [6.07, 6.45) is 1.86. The summed E-state index contributed by atoms with van der Waals surface area (Å²) in [6, 6.07) is 12.7. The second-order valence-electron chi connectivity index (χ2n) is 5.16. The predicted octanol–water partition coefficient (Wildman–Crippen LogP) is 3.76. The molecule has 0 radical (unpaired) electrons. The fraction of sp³-hybridized carbons (Fsp3) is 0.235. The molecule has 4 heteroatoms. The van der Waals surface area contributed by atoms with Gasteiger partial charge in [-0.2, -0.15) is 0 Å². The molecule has 1 heterocycles. The minimum absolute atomic E-state index is 0.268. The molecule has 0 unspecified atom stereocenters. The lowest BCUT2D eigenvalue weighted by Gasteiger charge is -2.12. The maximum absolute atomic E-state index is 14.0. The Balaban J connectivity index is 2.12. The number of rotatable bonds is 4. The normalized spacial score (nSPS) is 11.1. The molecule has 3 rings (SSSR count). The number of anilines is 1. The SMILES string of the molecule is CCCc1nc2ccccc2n1Cc1c(N)cccc1F. The molecule has 0 bridgehead atoms. The van der Waals surface area contributed by atoms with Crippen LogP contribution < -0.4 is 5.73 Å². The first-order chi connectivity index (χ1) is 10.2. The molecule has 0 aliphatic rings. The minimum atomic E-state index is -0.268. The Morgan fingerprint density at radius 1 is 1.14 bits per heavy atom. The van der Waals surface area contributed by atoms with Gasteiger partial charge in [0.15, 0.2) is 0 Å². The van der Waals surface area contributed by atoms with Crippen molar-refractivity contribution in [2.24, 2.45) is 0 Å². The Labute approximate surface area is 123 Å². The number of hydrogen-bond donors (Lipinski definition) is 1. The summed E-state index contributed by atoms with van der Waals surface area (Å²) in [5.74, 6) is 0.705. The quantitative estimate of drug-likeness (QED) is 0.741. The highest BCUT2D eigenvalue weighted by Gasteiger charge is 2.13. The summed E-state index contributed by atoms with van der Waals surface area (Å²) in [5.41, 5.74) is 8.90. The fourth-order valence-corrected chi connectivity index (χ4v) is 2.62. The van der Waals surface area contributed by atoms with Crippen LogP contribution in [0, 0.1) is 5.82 Å². The lowest BCUT2D eigenvalue weighted by atomic mass is 10.1. The molecule has 0 amide bonds. The Hall–Kier alpha value is -2.36. The molecule has 3 aromatic rings. The van der Waals surface area contributed by atoms with Gasteiger partial charge in [0.1, 0.15) is 11.6 Å². The molecule has 3 nitrogen and oxygen atoms in total. The van der Waals surface area contributed by atoms with Crippen molar-refractivity contribution in [2.75, 3.05) is 5.73 Å². The van der Waals surface area contributed by atoms with Gasteiger partial charge in [0.2, 0.25) is 0 Å². The van der Waals surface area contributed by atoms with E-state index in [1.165, 1.54) is 6.07 Å². The third-order valence-electron chi connectivity index (χ3n) is 3.68. The van der Waals surface area contributed by atoms with Gasteiger partial charge in [-0.25, -0.2) is 9.37 Å². The van der Waals surface area contributed by atoms with Crippen LogP contribution in [0.2, 0.25) is 0 Å². The molecule has 1 aromatic heterocycles. The van der Waals surface area contributed by atoms with Crippen LogP contribution in [0.1, 0.15) is 24.7 Å². The smallest absolute Gasteiger partial charge is 0.130 e. The predicted molar refractivity (Wildman–Crippen MR) is 83.6 cm³/mol. The maximum atomic E-state index is 14.0. The van der Waals surface area contributed by atoms with E-state index in [1.807, 2.05) is 24.3 Å². The van der Waals surface area contributed by atoms with Crippen LogP contribution in [0.5, 0.6) is 0 Å². The summed E-state index contributed by atoms with van der Waals surface area (Å²) in [5, 5.41) is 0. The number of hydrogen-bond acceptors (Lipinski definition) is 2. The summed E-state index contributed by atoms with van der Waals surface area (Å²) < 4.78 is 16.1. The third kappa shape index (κ3) is 2.49. The van der Waals surface area contributed by atoms with Crippen LogP contribution in [-0.4, -0.2) is 9.55 Å². The first-order valence-electron chi connectivity index (χ1n) is 7.17. The molecule has 0 saturated heterocycles. The minimum Gasteiger partial charge on any atom is -0.398 e. The molecule has 0 spiro atoms. The number of nitrogen functional groups attached to an aromatic ring is 1. The zero-order chi connectivity index (χ0) is 14.8. The number of fused-ring (bicyclic) bond motifs is 1. The molecule has 0 aliphatic heterocycles. The van der Waals surface area contributed by atoms with Gasteiger partial charge in [0.05, 0.1) is 17.6 Å².